The topological polar surface area (TPSA) is 50.9 Å². The van der Waals surface area contributed by atoms with Crippen LogP contribution in [0.5, 0.6) is 0 Å². The van der Waals surface area contributed by atoms with Gasteiger partial charge in [-0.2, -0.15) is 0 Å². The molecule has 2 rings (SSSR count). The number of hydrogen-bond acceptors (Lipinski definition) is 3. The van der Waals surface area contributed by atoms with Gasteiger partial charge in [-0.15, -0.1) is 0 Å². The highest BCUT2D eigenvalue weighted by atomic mass is 79.9. The van der Waals surface area contributed by atoms with Crippen molar-refractivity contribution >= 4 is 38.8 Å². The second-order valence-electron chi connectivity index (χ2n) is 3.83. The number of benzene rings is 1. The van der Waals surface area contributed by atoms with Gasteiger partial charge >= 0.3 is 0 Å². The fourth-order valence-electron chi connectivity index (χ4n) is 1.56. The number of pyridine rings is 1. The number of nitrogens with two attached hydrogens (primary N) is 1. The Labute approximate surface area is 124 Å². The first-order valence-corrected chi connectivity index (χ1v) is 6.71. The van der Waals surface area contributed by atoms with E-state index in [1.807, 2.05) is 18.2 Å². The molecule has 0 spiro atoms. The minimum Gasteiger partial charge on any atom is -0.389 e. The highest BCUT2D eigenvalue weighted by Gasteiger charge is 2.12. The number of halogens is 2. The predicted molar refractivity (Wildman–Crippen MR) is 81.6 cm³/mol. The Morgan fingerprint density at radius 2 is 2.16 bits per heavy atom. The van der Waals surface area contributed by atoms with Crippen LogP contribution in [0, 0.1) is 5.82 Å². The van der Waals surface area contributed by atoms with E-state index in [2.05, 4.69) is 26.2 Å². The highest BCUT2D eigenvalue weighted by Crippen LogP contribution is 2.27. The van der Waals surface area contributed by atoms with Crippen molar-refractivity contribution in [3.63, 3.8) is 0 Å². The Bertz CT molecular complexity index is 604. The van der Waals surface area contributed by atoms with Gasteiger partial charge in [0.1, 0.15) is 4.99 Å². The summed E-state index contributed by atoms with van der Waals surface area (Å²) in [4.78, 5) is 4.31. The number of anilines is 1. The predicted octanol–water partition coefficient (Wildman–Crippen LogP) is 3.23. The highest BCUT2D eigenvalue weighted by molar-refractivity contribution is 9.10. The number of hydrogen-bond donors (Lipinski definition) is 2. The largest absolute Gasteiger partial charge is 0.389 e. The van der Waals surface area contributed by atoms with Crippen molar-refractivity contribution in [2.24, 2.45) is 5.73 Å². The van der Waals surface area contributed by atoms with Crippen molar-refractivity contribution in [1.29, 1.82) is 0 Å². The third-order valence-electron chi connectivity index (χ3n) is 2.53. The van der Waals surface area contributed by atoms with E-state index in [1.54, 1.807) is 18.3 Å². The number of nitrogens with zero attached hydrogens (tertiary/aromatic N) is 1. The number of aromatic nitrogens is 1. The molecule has 1 aromatic heterocycles. The van der Waals surface area contributed by atoms with Gasteiger partial charge in [0.15, 0.2) is 5.82 Å². The fourth-order valence-corrected chi connectivity index (χ4v) is 2.43. The molecule has 1 aromatic carbocycles. The van der Waals surface area contributed by atoms with Crippen molar-refractivity contribution < 1.29 is 4.39 Å². The summed E-state index contributed by atoms with van der Waals surface area (Å²) in [6.07, 6.45) is 1.69. The summed E-state index contributed by atoms with van der Waals surface area (Å²) < 4.78 is 14.3. The zero-order valence-electron chi connectivity index (χ0n) is 9.86. The molecule has 0 bridgehead atoms. The first-order valence-electron chi connectivity index (χ1n) is 5.51. The Hall–Kier alpha value is -1.53. The molecule has 0 unspecified atom stereocenters. The Balaban J connectivity index is 2.18. The molecule has 98 valence electrons. The zero-order valence-corrected chi connectivity index (χ0v) is 12.3. The average Bonchev–Trinajstić information content (AvgIpc) is 2.41. The van der Waals surface area contributed by atoms with E-state index in [1.165, 1.54) is 0 Å². The molecule has 6 heteroatoms. The van der Waals surface area contributed by atoms with E-state index in [0.717, 1.165) is 5.69 Å². The molecular formula is C13H11BrFN3S. The molecule has 0 aliphatic carbocycles. The smallest absolute Gasteiger partial charge is 0.161 e. The molecule has 0 amide bonds. The molecule has 0 radical (unpaired) electrons. The van der Waals surface area contributed by atoms with Crippen LogP contribution >= 0.6 is 28.1 Å². The molecule has 19 heavy (non-hydrogen) atoms. The molecule has 3 nitrogen and oxygen atoms in total. The quantitative estimate of drug-likeness (QED) is 0.839. The van der Waals surface area contributed by atoms with Crippen LogP contribution < -0.4 is 11.1 Å². The van der Waals surface area contributed by atoms with Crippen LogP contribution in [0.3, 0.4) is 0 Å². The molecule has 2 aromatic rings. The fraction of sp³-hybridized carbons (Fsp3) is 0.0769. The second-order valence-corrected chi connectivity index (χ2v) is 5.06. The van der Waals surface area contributed by atoms with Crippen molar-refractivity contribution in [3.05, 3.63) is 58.1 Å². The van der Waals surface area contributed by atoms with Gasteiger partial charge in [-0.3, -0.25) is 4.98 Å². The third kappa shape index (κ3) is 3.27. The molecule has 0 atom stereocenters. The molecule has 1 heterocycles. The Morgan fingerprint density at radius 3 is 2.79 bits per heavy atom. The number of nitrogens with one attached hydrogen (secondary N) is 1. The minimum atomic E-state index is -0.416. The summed E-state index contributed by atoms with van der Waals surface area (Å²) in [6.45, 7) is 0.441. The first kappa shape index (κ1) is 13.9. The molecule has 3 N–H and O–H groups in total. The van der Waals surface area contributed by atoms with Gasteiger partial charge in [0.25, 0.3) is 0 Å². The summed E-state index contributed by atoms with van der Waals surface area (Å²) in [5, 5.41) is 2.98. The van der Waals surface area contributed by atoms with E-state index < -0.39 is 5.82 Å². The van der Waals surface area contributed by atoms with Crippen LogP contribution in [0.1, 0.15) is 11.3 Å². The van der Waals surface area contributed by atoms with Gasteiger partial charge < -0.3 is 11.1 Å². The maximum absolute atomic E-state index is 14.1. The van der Waals surface area contributed by atoms with Crippen molar-refractivity contribution in [2.75, 3.05) is 5.32 Å². The SMILES string of the molecule is NC(=S)c1ccc(NCc2ccccn2)c(F)c1Br. The van der Waals surface area contributed by atoms with Gasteiger partial charge in [0, 0.05) is 11.8 Å². The maximum Gasteiger partial charge on any atom is 0.161 e. The standard InChI is InChI=1S/C13H11BrFN3S/c14-11-9(13(16)19)4-5-10(12(11)15)18-7-8-3-1-2-6-17-8/h1-6,18H,7H2,(H2,16,19). The molecule has 0 aliphatic heterocycles. The number of rotatable bonds is 4. The van der Waals surface area contributed by atoms with Gasteiger partial charge in [0.2, 0.25) is 0 Å². The van der Waals surface area contributed by atoms with E-state index in [9.17, 15) is 4.39 Å². The van der Waals surface area contributed by atoms with Crippen LogP contribution in [0.25, 0.3) is 0 Å². The van der Waals surface area contributed by atoms with E-state index in [-0.39, 0.29) is 9.46 Å². The lowest BCUT2D eigenvalue weighted by Crippen LogP contribution is -2.12. The maximum atomic E-state index is 14.1. The summed E-state index contributed by atoms with van der Waals surface area (Å²) >= 11 is 8.00. The molecular weight excluding hydrogens is 329 g/mol. The normalized spacial score (nSPS) is 10.2. The molecule has 0 saturated carbocycles. The average molecular weight is 340 g/mol. The van der Waals surface area contributed by atoms with Crippen LogP contribution in [0.4, 0.5) is 10.1 Å². The van der Waals surface area contributed by atoms with Gasteiger partial charge in [0.05, 0.1) is 22.4 Å². The monoisotopic (exact) mass is 339 g/mol. The Kier molecular flexibility index (Phi) is 4.44. The van der Waals surface area contributed by atoms with Crippen molar-refractivity contribution in [1.82, 2.24) is 4.98 Å². The molecule has 0 aliphatic rings. The van der Waals surface area contributed by atoms with Crippen LogP contribution in [-0.2, 0) is 6.54 Å². The van der Waals surface area contributed by atoms with Gasteiger partial charge in [-0.1, -0.05) is 18.3 Å². The van der Waals surface area contributed by atoms with Gasteiger partial charge in [-0.25, -0.2) is 4.39 Å². The van der Waals surface area contributed by atoms with Crippen LogP contribution in [0.2, 0.25) is 0 Å². The first-order chi connectivity index (χ1) is 9.09. The lowest BCUT2D eigenvalue weighted by atomic mass is 10.2. The zero-order chi connectivity index (χ0) is 13.8. The lowest BCUT2D eigenvalue weighted by molar-refractivity contribution is 0.623. The van der Waals surface area contributed by atoms with Crippen molar-refractivity contribution in [2.45, 2.75) is 6.54 Å². The molecule has 0 fully saturated rings. The number of thiocarbonyl (C=S) groups is 1. The third-order valence-corrected chi connectivity index (χ3v) is 3.53. The van der Waals surface area contributed by atoms with Crippen LogP contribution in [-0.4, -0.2) is 9.97 Å². The van der Waals surface area contributed by atoms with E-state index >= 15 is 0 Å². The van der Waals surface area contributed by atoms with Gasteiger partial charge in [-0.05, 0) is 40.2 Å². The summed E-state index contributed by atoms with van der Waals surface area (Å²) in [5.74, 6) is -0.416. The summed E-state index contributed by atoms with van der Waals surface area (Å²) in [7, 11) is 0. The Morgan fingerprint density at radius 1 is 1.37 bits per heavy atom. The minimum absolute atomic E-state index is 0.155. The van der Waals surface area contributed by atoms with Crippen LogP contribution in [0.15, 0.2) is 41.0 Å². The lowest BCUT2D eigenvalue weighted by Gasteiger charge is -2.10. The summed E-state index contributed by atoms with van der Waals surface area (Å²) in [5.41, 5.74) is 7.19. The van der Waals surface area contributed by atoms with Crippen molar-refractivity contribution in [3.8, 4) is 0 Å². The van der Waals surface area contributed by atoms with E-state index in [4.69, 9.17) is 18.0 Å². The second kappa shape index (κ2) is 6.08. The molecule has 0 saturated heterocycles. The summed E-state index contributed by atoms with van der Waals surface area (Å²) in [6, 6.07) is 8.86. The van der Waals surface area contributed by atoms with E-state index in [0.29, 0.717) is 17.8 Å².